The lowest BCUT2D eigenvalue weighted by Crippen LogP contribution is -2.45. The number of anilines is 1. The van der Waals surface area contributed by atoms with Crippen molar-refractivity contribution >= 4 is 17.5 Å². The molecule has 154 valence electrons. The normalized spacial score (nSPS) is 20.3. The molecular weight excluding hydrogens is 358 g/mol. The Morgan fingerprint density at radius 2 is 2.04 bits per heavy atom. The second kappa shape index (κ2) is 8.39. The molecule has 2 aliphatic rings. The summed E-state index contributed by atoms with van der Waals surface area (Å²) in [7, 11) is 5.37. The zero-order valence-corrected chi connectivity index (χ0v) is 17.0. The van der Waals surface area contributed by atoms with E-state index >= 15 is 0 Å². The molecule has 0 radical (unpaired) electrons. The molecule has 2 N–H and O–H groups in total. The Hall–Kier alpha value is -2.28. The molecule has 0 bridgehead atoms. The first kappa shape index (κ1) is 20.5. The van der Waals surface area contributed by atoms with Crippen molar-refractivity contribution in [3.05, 3.63) is 23.8 Å². The van der Waals surface area contributed by atoms with E-state index in [-0.39, 0.29) is 29.9 Å². The van der Waals surface area contributed by atoms with Gasteiger partial charge in [0.25, 0.3) is 5.91 Å². The molecule has 1 aromatic carbocycles. The van der Waals surface area contributed by atoms with Crippen LogP contribution in [0, 0.1) is 5.41 Å². The molecule has 1 atom stereocenters. The summed E-state index contributed by atoms with van der Waals surface area (Å²) in [6.45, 7) is 1.07. The number of nitrogens with zero attached hydrogens (tertiary/aromatic N) is 2. The maximum Gasteiger partial charge on any atom is 0.253 e. The Balaban J connectivity index is 1.63. The summed E-state index contributed by atoms with van der Waals surface area (Å²) >= 11 is 0. The molecular formula is C21H31N3O4. The van der Waals surface area contributed by atoms with Gasteiger partial charge in [0, 0.05) is 38.7 Å². The van der Waals surface area contributed by atoms with E-state index in [0.717, 1.165) is 37.1 Å². The first-order valence-corrected chi connectivity index (χ1v) is 9.94. The smallest absolute Gasteiger partial charge is 0.253 e. The van der Waals surface area contributed by atoms with Crippen molar-refractivity contribution in [3.63, 3.8) is 0 Å². The Bertz CT molecular complexity index is 728. The van der Waals surface area contributed by atoms with E-state index in [4.69, 9.17) is 4.74 Å². The van der Waals surface area contributed by atoms with E-state index in [1.165, 1.54) is 4.90 Å². The van der Waals surface area contributed by atoms with Crippen LogP contribution in [0.25, 0.3) is 0 Å². The van der Waals surface area contributed by atoms with Crippen molar-refractivity contribution in [2.75, 3.05) is 45.8 Å². The minimum Gasteiger partial charge on any atom is -0.489 e. The van der Waals surface area contributed by atoms with Crippen LogP contribution in [0.1, 0.15) is 42.5 Å². The highest BCUT2D eigenvalue weighted by Crippen LogP contribution is 2.37. The largest absolute Gasteiger partial charge is 0.489 e. The maximum absolute atomic E-state index is 12.5. The lowest BCUT2D eigenvalue weighted by Gasteiger charge is -2.36. The van der Waals surface area contributed by atoms with E-state index in [1.54, 1.807) is 20.2 Å². The van der Waals surface area contributed by atoms with Gasteiger partial charge in [-0.15, -0.1) is 0 Å². The molecule has 7 heteroatoms. The van der Waals surface area contributed by atoms with Gasteiger partial charge >= 0.3 is 0 Å². The fourth-order valence-electron chi connectivity index (χ4n) is 4.08. The summed E-state index contributed by atoms with van der Waals surface area (Å²) in [4.78, 5) is 28.3. The third-order valence-corrected chi connectivity index (χ3v) is 6.05. The van der Waals surface area contributed by atoms with Crippen LogP contribution in [0.3, 0.4) is 0 Å². The number of benzene rings is 1. The van der Waals surface area contributed by atoms with Crippen molar-refractivity contribution in [3.8, 4) is 5.75 Å². The topological polar surface area (TPSA) is 82.1 Å². The summed E-state index contributed by atoms with van der Waals surface area (Å²) in [6.07, 6.45) is 4.46. The molecule has 3 rings (SSSR count). The predicted octanol–water partition coefficient (Wildman–Crippen LogP) is 1.64. The molecule has 1 aliphatic carbocycles. The number of amides is 2. The van der Waals surface area contributed by atoms with E-state index in [9.17, 15) is 14.7 Å². The van der Waals surface area contributed by atoms with Crippen molar-refractivity contribution in [2.45, 2.75) is 38.1 Å². The molecule has 28 heavy (non-hydrogen) atoms. The fraction of sp³-hybridized carbons (Fsp3) is 0.619. The van der Waals surface area contributed by atoms with Gasteiger partial charge in [-0.3, -0.25) is 9.59 Å². The van der Waals surface area contributed by atoms with Crippen molar-refractivity contribution < 1.29 is 19.4 Å². The van der Waals surface area contributed by atoms with Crippen LogP contribution < -0.4 is 15.0 Å². The van der Waals surface area contributed by atoms with E-state index in [0.29, 0.717) is 25.1 Å². The van der Waals surface area contributed by atoms with Gasteiger partial charge in [-0.1, -0.05) is 12.8 Å². The number of likely N-dealkylation sites (N-methyl/N-ethyl adjacent to an activating group) is 1. The number of aliphatic hydroxyl groups excluding tert-OH is 1. The molecule has 0 aromatic heterocycles. The summed E-state index contributed by atoms with van der Waals surface area (Å²) < 4.78 is 5.83. The van der Waals surface area contributed by atoms with Crippen LogP contribution in [-0.4, -0.2) is 68.8 Å². The lowest BCUT2D eigenvalue weighted by molar-refractivity contribution is -0.122. The molecule has 1 aromatic rings. The Morgan fingerprint density at radius 3 is 2.68 bits per heavy atom. The molecule has 1 heterocycles. The van der Waals surface area contributed by atoms with Gasteiger partial charge in [-0.25, -0.2) is 0 Å². The van der Waals surface area contributed by atoms with Crippen LogP contribution in [0.15, 0.2) is 18.2 Å². The van der Waals surface area contributed by atoms with Crippen molar-refractivity contribution in [2.24, 2.45) is 5.41 Å². The number of aliphatic hydroxyl groups is 1. The Kier molecular flexibility index (Phi) is 6.13. The van der Waals surface area contributed by atoms with E-state index < -0.39 is 0 Å². The predicted molar refractivity (Wildman–Crippen MR) is 108 cm³/mol. The fourth-order valence-corrected chi connectivity index (χ4v) is 4.08. The molecule has 1 aliphatic heterocycles. The second-order valence-electron chi connectivity index (χ2n) is 8.30. The number of nitrogens with one attached hydrogen (secondary N) is 1. The first-order chi connectivity index (χ1) is 13.3. The standard InChI is InChI=1S/C21H31N3O4/c1-23(2)20(27)15-6-7-18-17(10-15)24(3)16(12-28-18)11-19(26)22-13-21(14-25)8-4-5-9-21/h6-7,10,16,25H,4-5,8-9,11-14H2,1-3H3,(H,22,26). The van der Waals surface area contributed by atoms with Gasteiger partial charge in [0.05, 0.1) is 24.8 Å². The summed E-state index contributed by atoms with van der Waals surface area (Å²) in [5, 5.41) is 12.7. The van der Waals surface area contributed by atoms with Crippen LogP contribution in [-0.2, 0) is 4.79 Å². The van der Waals surface area contributed by atoms with Crippen molar-refractivity contribution in [1.82, 2.24) is 10.2 Å². The molecule has 2 amide bonds. The van der Waals surface area contributed by atoms with Gasteiger partial charge in [0.15, 0.2) is 0 Å². The SMILES string of the molecule is CN(C)C(=O)c1ccc2c(c1)N(C)C(CC(=O)NCC1(CO)CCCC1)CO2. The van der Waals surface area contributed by atoms with Gasteiger partial charge < -0.3 is 25.0 Å². The zero-order chi connectivity index (χ0) is 20.3. The number of carbonyl (C=O) groups excluding carboxylic acids is 2. The number of hydrogen-bond donors (Lipinski definition) is 2. The highest BCUT2D eigenvalue weighted by Gasteiger charge is 2.34. The number of hydrogen-bond acceptors (Lipinski definition) is 5. The summed E-state index contributed by atoms with van der Waals surface area (Å²) in [5.41, 5.74) is 1.26. The highest BCUT2D eigenvalue weighted by molar-refractivity contribution is 5.95. The van der Waals surface area contributed by atoms with Gasteiger partial charge in [-0.2, -0.15) is 0 Å². The van der Waals surface area contributed by atoms with Crippen LogP contribution >= 0.6 is 0 Å². The Labute approximate surface area is 166 Å². The summed E-state index contributed by atoms with van der Waals surface area (Å²) in [6, 6.07) is 5.29. The van der Waals surface area contributed by atoms with Gasteiger partial charge in [-0.05, 0) is 31.0 Å². The zero-order valence-electron chi connectivity index (χ0n) is 17.0. The average Bonchev–Trinajstić information content (AvgIpc) is 3.17. The van der Waals surface area contributed by atoms with Crippen LogP contribution in [0.5, 0.6) is 5.75 Å². The molecule has 1 unspecified atom stereocenters. The molecule has 1 fully saturated rings. The first-order valence-electron chi connectivity index (χ1n) is 9.94. The quantitative estimate of drug-likeness (QED) is 0.773. The highest BCUT2D eigenvalue weighted by atomic mass is 16.5. The Morgan fingerprint density at radius 1 is 1.32 bits per heavy atom. The van der Waals surface area contributed by atoms with Crippen LogP contribution in [0.4, 0.5) is 5.69 Å². The molecule has 1 saturated carbocycles. The number of ether oxygens (including phenoxy) is 1. The van der Waals surface area contributed by atoms with Crippen LogP contribution in [0.2, 0.25) is 0 Å². The third kappa shape index (κ3) is 4.24. The average molecular weight is 389 g/mol. The minimum absolute atomic E-state index is 0.0378. The number of rotatable bonds is 6. The second-order valence-corrected chi connectivity index (χ2v) is 8.30. The maximum atomic E-state index is 12.5. The van der Waals surface area contributed by atoms with E-state index in [1.807, 2.05) is 24.1 Å². The third-order valence-electron chi connectivity index (χ3n) is 6.05. The van der Waals surface area contributed by atoms with Crippen molar-refractivity contribution in [1.29, 1.82) is 0 Å². The minimum atomic E-state index is -0.154. The molecule has 0 saturated heterocycles. The number of fused-ring (bicyclic) bond motifs is 1. The summed E-state index contributed by atoms with van der Waals surface area (Å²) in [5.74, 6) is 0.616. The molecule has 0 spiro atoms. The monoisotopic (exact) mass is 389 g/mol. The molecule has 7 nitrogen and oxygen atoms in total. The van der Waals surface area contributed by atoms with Gasteiger partial charge in [0.2, 0.25) is 5.91 Å². The van der Waals surface area contributed by atoms with E-state index in [2.05, 4.69) is 5.32 Å². The number of carbonyl (C=O) groups is 2. The lowest BCUT2D eigenvalue weighted by atomic mass is 9.87. The van der Waals surface area contributed by atoms with Gasteiger partial charge in [0.1, 0.15) is 12.4 Å².